The molecule has 1 aliphatic carbocycles. The van der Waals surface area contributed by atoms with Crippen molar-refractivity contribution < 1.29 is 9.84 Å². The number of ether oxygens (including phenoxy) is 1. The summed E-state index contributed by atoms with van der Waals surface area (Å²) in [7, 11) is 1.66. The zero-order valence-corrected chi connectivity index (χ0v) is 15.4. The van der Waals surface area contributed by atoms with Crippen molar-refractivity contribution in [3.63, 3.8) is 0 Å². The highest BCUT2D eigenvalue weighted by atomic mass is 79.9. The predicted octanol–water partition coefficient (Wildman–Crippen LogP) is 4.04. The molecule has 6 heteroatoms. The van der Waals surface area contributed by atoms with Gasteiger partial charge in [-0.05, 0) is 75.2 Å². The molecule has 0 spiro atoms. The second kappa shape index (κ2) is 8.59. The van der Waals surface area contributed by atoms with E-state index in [0.717, 1.165) is 46.9 Å². The molecule has 114 valence electrons. The van der Waals surface area contributed by atoms with Crippen LogP contribution in [0.2, 0.25) is 0 Å². The second-order valence-corrected chi connectivity index (χ2v) is 6.70. The van der Waals surface area contributed by atoms with Crippen LogP contribution in [0, 0.1) is 0 Å². The molecule has 0 saturated heterocycles. The fourth-order valence-corrected chi connectivity index (χ4v) is 4.13. The van der Waals surface area contributed by atoms with Crippen molar-refractivity contribution in [3.8, 4) is 5.75 Å². The lowest BCUT2D eigenvalue weighted by molar-refractivity contribution is 0.111. The Balaban J connectivity index is 0.00000200. The number of aliphatic hydroxyl groups is 1. The standard InChI is InChI=1S/C14H19Br2NO2.ClH/c1-19-14-12(15)5-9(6-13(14)16)8-17-10-3-2-4-11(18)7-10;/h5-6,10-11,17-18H,2-4,7-8H2,1H3;1H/t10-,11-;/m0./s1. The molecule has 0 radical (unpaired) electrons. The lowest BCUT2D eigenvalue weighted by Gasteiger charge is -2.26. The first-order valence-electron chi connectivity index (χ1n) is 6.53. The summed E-state index contributed by atoms with van der Waals surface area (Å²) in [6, 6.07) is 4.55. The molecule has 0 bridgehead atoms. The van der Waals surface area contributed by atoms with Crippen molar-refractivity contribution in [1.82, 2.24) is 5.32 Å². The number of hydrogen-bond donors (Lipinski definition) is 2. The van der Waals surface area contributed by atoms with E-state index in [1.165, 1.54) is 5.56 Å². The van der Waals surface area contributed by atoms with Gasteiger partial charge in [0.15, 0.2) is 0 Å². The highest BCUT2D eigenvalue weighted by molar-refractivity contribution is 9.11. The molecular formula is C14H20Br2ClNO2. The van der Waals surface area contributed by atoms with Gasteiger partial charge in [0.1, 0.15) is 5.75 Å². The summed E-state index contributed by atoms with van der Waals surface area (Å²) in [6.07, 6.45) is 3.92. The molecule has 0 aliphatic heterocycles. The van der Waals surface area contributed by atoms with Crippen LogP contribution < -0.4 is 10.1 Å². The van der Waals surface area contributed by atoms with E-state index in [0.29, 0.717) is 6.04 Å². The fraction of sp³-hybridized carbons (Fsp3) is 0.571. The van der Waals surface area contributed by atoms with E-state index in [1.54, 1.807) is 7.11 Å². The third-order valence-electron chi connectivity index (χ3n) is 3.50. The SMILES string of the molecule is COc1c(Br)cc(CN[C@H]2CCC[C@H](O)C2)cc1Br.Cl. The maximum atomic E-state index is 9.66. The van der Waals surface area contributed by atoms with Gasteiger partial charge in [-0.3, -0.25) is 0 Å². The summed E-state index contributed by atoms with van der Waals surface area (Å²) in [5.41, 5.74) is 1.19. The van der Waals surface area contributed by atoms with Crippen molar-refractivity contribution in [2.24, 2.45) is 0 Å². The topological polar surface area (TPSA) is 41.5 Å². The molecule has 2 rings (SSSR count). The first kappa shape index (κ1) is 18.2. The third-order valence-corrected chi connectivity index (χ3v) is 4.68. The van der Waals surface area contributed by atoms with Crippen LogP contribution in [-0.4, -0.2) is 24.4 Å². The average molecular weight is 430 g/mol. The third kappa shape index (κ3) is 4.88. The Morgan fingerprint density at radius 2 is 1.95 bits per heavy atom. The van der Waals surface area contributed by atoms with Crippen LogP contribution in [0.1, 0.15) is 31.2 Å². The molecule has 1 aromatic rings. The van der Waals surface area contributed by atoms with Crippen molar-refractivity contribution >= 4 is 44.3 Å². The number of rotatable bonds is 4. The Bertz CT molecular complexity index is 422. The molecule has 20 heavy (non-hydrogen) atoms. The number of nitrogens with one attached hydrogen (secondary N) is 1. The van der Waals surface area contributed by atoms with Gasteiger partial charge in [0.25, 0.3) is 0 Å². The summed E-state index contributed by atoms with van der Waals surface area (Å²) >= 11 is 7.02. The highest BCUT2D eigenvalue weighted by Gasteiger charge is 2.19. The summed E-state index contributed by atoms with van der Waals surface area (Å²) in [5.74, 6) is 0.817. The monoisotopic (exact) mass is 427 g/mol. The summed E-state index contributed by atoms with van der Waals surface area (Å²) < 4.78 is 7.19. The highest BCUT2D eigenvalue weighted by Crippen LogP contribution is 2.34. The summed E-state index contributed by atoms with van der Waals surface area (Å²) in [5, 5.41) is 13.2. The number of halogens is 3. The molecule has 0 amide bonds. The van der Waals surface area contributed by atoms with E-state index >= 15 is 0 Å². The lowest BCUT2D eigenvalue weighted by atomic mass is 9.93. The van der Waals surface area contributed by atoms with Crippen LogP contribution in [0.25, 0.3) is 0 Å². The molecule has 1 aliphatic rings. The van der Waals surface area contributed by atoms with Crippen LogP contribution >= 0.6 is 44.3 Å². The molecular weight excluding hydrogens is 409 g/mol. The molecule has 1 saturated carbocycles. The number of aliphatic hydroxyl groups excluding tert-OH is 1. The average Bonchev–Trinajstić information content (AvgIpc) is 2.36. The van der Waals surface area contributed by atoms with Crippen molar-refractivity contribution in [1.29, 1.82) is 0 Å². The van der Waals surface area contributed by atoms with Gasteiger partial charge in [-0.25, -0.2) is 0 Å². The van der Waals surface area contributed by atoms with Gasteiger partial charge < -0.3 is 15.2 Å². The second-order valence-electron chi connectivity index (χ2n) is 4.99. The van der Waals surface area contributed by atoms with Crippen LogP contribution in [-0.2, 0) is 6.54 Å². The summed E-state index contributed by atoms with van der Waals surface area (Å²) in [4.78, 5) is 0. The minimum atomic E-state index is -0.138. The van der Waals surface area contributed by atoms with Gasteiger partial charge in [0.2, 0.25) is 0 Å². The normalized spacial score (nSPS) is 22.2. The Kier molecular flexibility index (Phi) is 7.83. The molecule has 2 atom stereocenters. The van der Waals surface area contributed by atoms with Crippen molar-refractivity contribution in [2.45, 2.75) is 44.4 Å². The molecule has 1 fully saturated rings. The molecule has 1 aromatic carbocycles. The van der Waals surface area contributed by atoms with E-state index in [9.17, 15) is 5.11 Å². The largest absolute Gasteiger partial charge is 0.494 e. The summed E-state index contributed by atoms with van der Waals surface area (Å²) in [6.45, 7) is 0.804. The quantitative estimate of drug-likeness (QED) is 0.759. The van der Waals surface area contributed by atoms with E-state index in [1.807, 2.05) is 0 Å². The minimum Gasteiger partial charge on any atom is -0.494 e. The van der Waals surface area contributed by atoms with Gasteiger partial charge >= 0.3 is 0 Å². The Morgan fingerprint density at radius 1 is 1.30 bits per heavy atom. The maximum absolute atomic E-state index is 9.66. The minimum absolute atomic E-state index is 0. The van der Waals surface area contributed by atoms with Crippen LogP contribution in [0.5, 0.6) is 5.75 Å². The van der Waals surface area contributed by atoms with Crippen LogP contribution in [0.15, 0.2) is 21.1 Å². The van der Waals surface area contributed by atoms with Gasteiger partial charge in [-0.1, -0.05) is 0 Å². The zero-order chi connectivity index (χ0) is 13.8. The van der Waals surface area contributed by atoms with E-state index in [-0.39, 0.29) is 18.5 Å². The lowest BCUT2D eigenvalue weighted by Crippen LogP contribution is -2.35. The smallest absolute Gasteiger partial charge is 0.147 e. The predicted molar refractivity (Wildman–Crippen MR) is 90.7 cm³/mol. The molecule has 0 heterocycles. The molecule has 3 nitrogen and oxygen atoms in total. The Morgan fingerprint density at radius 3 is 2.50 bits per heavy atom. The Hall–Kier alpha value is 0.190. The maximum Gasteiger partial charge on any atom is 0.147 e. The van der Waals surface area contributed by atoms with Gasteiger partial charge in [-0.15, -0.1) is 12.4 Å². The fourth-order valence-electron chi connectivity index (χ4n) is 2.52. The molecule has 0 unspecified atom stereocenters. The van der Waals surface area contributed by atoms with E-state index in [2.05, 4.69) is 49.3 Å². The number of methoxy groups -OCH3 is 1. The van der Waals surface area contributed by atoms with Crippen molar-refractivity contribution in [2.75, 3.05) is 7.11 Å². The van der Waals surface area contributed by atoms with E-state index in [4.69, 9.17) is 4.74 Å². The number of hydrogen-bond acceptors (Lipinski definition) is 3. The first-order valence-corrected chi connectivity index (χ1v) is 8.12. The molecule has 2 N–H and O–H groups in total. The first-order chi connectivity index (χ1) is 9.10. The Labute approximate surface area is 143 Å². The zero-order valence-electron chi connectivity index (χ0n) is 11.4. The van der Waals surface area contributed by atoms with Gasteiger partial charge in [0, 0.05) is 12.6 Å². The molecule has 0 aromatic heterocycles. The van der Waals surface area contributed by atoms with Crippen LogP contribution in [0.4, 0.5) is 0 Å². The van der Waals surface area contributed by atoms with E-state index < -0.39 is 0 Å². The van der Waals surface area contributed by atoms with Gasteiger partial charge in [0.05, 0.1) is 22.2 Å². The van der Waals surface area contributed by atoms with Gasteiger partial charge in [-0.2, -0.15) is 0 Å². The number of benzene rings is 1. The van der Waals surface area contributed by atoms with Crippen LogP contribution in [0.3, 0.4) is 0 Å². The van der Waals surface area contributed by atoms with Crippen molar-refractivity contribution in [3.05, 3.63) is 26.6 Å².